The molecule has 0 spiro atoms. The van der Waals surface area contributed by atoms with Gasteiger partial charge in [-0.3, -0.25) is 14.6 Å². The molecule has 0 radical (unpaired) electrons. The highest BCUT2D eigenvalue weighted by molar-refractivity contribution is 6.32. The number of anilines is 4. The smallest absolute Gasteiger partial charge is 0.256 e. The van der Waals surface area contributed by atoms with Gasteiger partial charge in [0.15, 0.2) is 0 Å². The van der Waals surface area contributed by atoms with Crippen LogP contribution in [0.1, 0.15) is 113 Å². The van der Waals surface area contributed by atoms with E-state index in [0.717, 1.165) is 67.5 Å². The standard InChI is InChI=1S/C26H29ClN6O3.C23H30ClN5O4/c27-22-10-16(3-4-18(22)15-34)11-29-24-21(25(36)31-19-5-7-20(35)8-6-19)12-30-26(32-24)33-13-17-2-1-9-28-23(17)14-33;24-19-10-14(3-8-20(19)32)11-25-21-18(22(33)27-15-4-6-17(31)7-5-15)12-26-23(28-21)29-9-1-2-16(29)13-30/h1-4,9-10,12,19-20,34-35H,5-8,11,13-15H2,(H,31,36)(H,29,30,32);3,8,10,12,15-17,30-32H,1-2,4-7,9,11,13H2,(H,27,33)(H,25,26,28)/t;15?,16-,17?/m.0/s1. The Balaban J connectivity index is 0.000000187. The Labute approximate surface area is 410 Å². The van der Waals surface area contributed by atoms with Crippen molar-refractivity contribution >= 4 is 58.5 Å². The molecule has 1 saturated heterocycles. The van der Waals surface area contributed by atoms with Gasteiger partial charge in [0.1, 0.15) is 28.5 Å². The van der Waals surface area contributed by atoms with E-state index in [-0.39, 0.29) is 66.1 Å². The fourth-order valence-corrected chi connectivity index (χ4v) is 9.56. The van der Waals surface area contributed by atoms with Gasteiger partial charge in [0.25, 0.3) is 11.8 Å². The van der Waals surface area contributed by atoms with E-state index in [1.165, 1.54) is 12.3 Å². The molecule has 0 unspecified atom stereocenters. The number of aliphatic hydroxyl groups excluding tert-OH is 4. The number of rotatable bonds is 14. The van der Waals surface area contributed by atoms with Crippen molar-refractivity contribution in [1.82, 2.24) is 35.6 Å². The fourth-order valence-electron chi connectivity index (χ4n) is 9.10. The second kappa shape index (κ2) is 23.1. The van der Waals surface area contributed by atoms with Gasteiger partial charge in [-0.05, 0) is 111 Å². The predicted molar refractivity (Wildman–Crippen MR) is 262 cm³/mol. The lowest BCUT2D eigenvalue weighted by Crippen LogP contribution is -2.39. The van der Waals surface area contributed by atoms with Crippen LogP contribution in [0.25, 0.3) is 0 Å². The third-order valence-corrected chi connectivity index (χ3v) is 13.8. The lowest BCUT2D eigenvalue weighted by molar-refractivity contribution is 0.0863. The quantitative estimate of drug-likeness (QED) is 0.0654. The summed E-state index contributed by atoms with van der Waals surface area (Å²) in [6.45, 7) is 2.62. The first-order valence-corrected chi connectivity index (χ1v) is 24.3. The molecule has 5 aromatic rings. The summed E-state index contributed by atoms with van der Waals surface area (Å²) < 4.78 is 0. The van der Waals surface area contributed by atoms with Crippen molar-refractivity contribution in [2.45, 2.75) is 127 Å². The lowest BCUT2D eigenvalue weighted by Gasteiger charge is -2.27. The van der Waals surface area contributed by atoms with Crippen LogP contribution in [-0.4, -0.2) is 106 Å². The minimum Gasteiger partial charge on any atom is -0.506 e. The normalized spacial score (nSPS) is 20.9. The molecule has 18 nitrogen and oxygen atoms in total. The zero-order valence-electron chi connectivity index (χ0n) is 38.2. The van der Waals surface area contributed by atoms with Crippen LogP contribution in [0.3, 0.4) is 0 Å². The van der Waals surface area contributed by atoms with Gasteiger partial charge in [0.2, 0.25) is 11.9 Å². The first kappa shape index (κ1) is 49.5. The minimum absolute atomic E-state index is 0.00156. The molecule has 366 valence electrons. The lowest BCUT2D eigenvalue weighted by atomic mass is 9.93. The summed E-state index contributed by atoms with van der Waals surface area (Å²) in [4.78, 5) is 53.1. The van der Waals surface area contributed by atoms with Gasteiger partial charge < -0.3 is 56.6 Å². The van der Waals surface area contributed by atoms with Crippen molar-refractivity contribution in [3.05, 3.63) is 116 Å². The Hall–Kier alpha value is -5.89. The average Bonchev–Trinajstić information content (AvgIpc) is 4.03. The number of aromatic nitrogens is 5. The molecule has 9 rings (SSSR count). The summed E-state index contributed by atoms with van der Waals surface area (Å²) >= 11 is 12.3. The number of nitrogens with one attached hydrogen (secondary N) is 4. The van der Waals surface area contributed by atoms with E-state index in [4.69, 9.17) is 28.2 Å². The molecule has 2 saturated carbocycles. The van der Waals surface area contributed by atoms with Crippen LogP contribution in [0.15, 0.2) is 67.1 Å². The summed E-state index contributed by atoms with van der Waals surface area (Å²) in [5.74, 6) is 1.30. The largest absolute Gasteiger partial charge is 0.506 e. The number of phenols is 1. The number of hydrogen-bond donors (Lipinski definition) is 9. The molecule has 5 heterocycles. The van der Waals surface area contributed by atoms with Crippen LogP contribution in [0.4, 0.5) is 23.5 Å². The molecular weight excluding hydrogens is 926 g/mol. The molecule has 3 fully saturated rings. The molecule has 4 aliphatic rings. The molecule has 2 aliphatic heterocycles. The van der Waals surface area contributed by atoms with Gasteiger partial charge in [-0.1, -0.05) is 47.5 Å². The molecule has 2 aliphatic carbocycles. The van der Waals surface area contributed by atoms with Crippen molar-refractivity contribution in [2.24, 2.45) is 0 Å². The highest BCUT2D eigenvalue weighted by Gasteiger charge is 2.30. The van der Waals surface area contributed by atoms with Crippen LogP contribution < -0.4 is 31.1 Å². The Morgan fingerprint density at radius 3 is 1.84 bits per heavy atom. The Morgan fingerprint density at radius 2 is 1.28 bits per heavy atom. The van der Waals surface area contributed by atoms with Crippen molar-refractivity contribution < 1.29 is 35.1 Å². The maximum absolute atomic E-state index is 13.2. The van der Waals surface area contributed by atoms with E-state index >= 15 is 0 Å². The molecule has 1 atom stereocenters. The molecule has 2 aromatic carbocycles. The number of phenolic OH excluding ortho intramolecular Hbond substituents is 1. The zero-order chi connectivity index (χ0) is 48.4. The molecule has 0 bridgehead atoms. The van der Waals surface area contributed by atoms with E-state index in [2.05, 4.69) is 41.2 Å². The number of amides is 2. The number of fused-ring (bicyclic) bond motifs is 1. The first-order valence-electron chi connectivity index (χ1n) is 23.5. The average molecular weight is 985 g/mol. The third kappa shape index (κ3) is 12.7. The monoisotopic (exact) mass is 983 g/mol. The number of hydrogen-bond acceptors (Lipinski definition) is 16. The van der Waals surface area contributed by atoms with E-state index in [1.807, 2.05) is 28.0 Å². The van der Waals surface area contributed by atoms with Gasteiger partial charge in [0, 0.05) is 61.9 Å². The SMILES string of the molecule is O=C(NC1CCC(O)CC1)c1cnc(N2CCC[C@H]2CO)nc1NCc1ccc(O)c(Cl)c1.O=C(NC1CCC(O)CC1)c1cnc(N2Cc3cccnc3C2)nc1NCc1ccc(CO)c(Cl)c1. The van der Waals surface area contributed by atoms with Gasteiger partial charge in [-0.15, -0.1) is 0 Å². The van der Waals surface area contributed by atoms with Crippen LogP contribution in [0.5, 0.6) is 5.75 Å². The maximum atomic E-state index is 13.2. The second-order valence-corrected chi connectivity index (χ2v) is 18.9. The molecule has 2 amide bonds. The van der Waals surface area contributed by atoms with Gasteiger partial charge in [-0.2, -0.15) is 9.97 Å². The first-order chi connectivity index (χ1) is 33.4. The van der Waals surface area contributed by atoms with Crippen molar-refractivity contribution in [2.75, 3.05) is 33.6 Å². The van der Waals surface area contributed by atoms with Gasteiger partial charge in [0.05, 0.1) is 48.7 Å². The number of benzene rings is 2. The Morgan fingerprint density at radius 1 is 0.696 bits per heavy atom. The number of aromatic hydroxyl groups is 1. The fraction of sp³-hybridized carbons (Fsp3) is 0.449. The van der Waals surface area contributed by atoms with E-state index in [1.54, 1.807) is 36.7 Å². The number of carbonyl (C=O) groups excluding carboxylic acids is 2. The van der Waals surface area contributed by atoms with E-state index in [0.29, 0.717) is 97.1 Å². The van der Waals surface area contributed by atoms with Crippen molar-refractivity contribution in [3.8, 4) is 5.75 Å². The topological polar surface area (TPSA) is 254 Å². The summed E-state index contributed by atoms with van der Waals surface area (Å²) in [5, 5.41) is 61.6. The number of carbonyl (C=O) groups is 2. The molecule has 9 N–H and O–H groups in total. The molecule has 20 heteroatoms. The summed E-state index contributed by atoms with van der Waals surface area (Å²) in [6.07, 6.45) is 11.7. The summed E-state index contributed by atoms with van der Waals surface area (Å²) in [7, 11) is 0. The molecule has 3 aromatic heterocycles. The zero-order valence-corrected chi connectivity index (χ0v) is 39.7. The highest BCUT2D eigenvalue weighted by atomic mass is 35.5. The molecule has 69 heavy (non-hydrogen) atoms. The third-order valence-electron chi connectivity index (χ3n) is 13.1. The highest BCUT2D eigenvalue weighted by Crippen LogP contribution is 2.30. The number of aliphatic hydroxyl groups is 4. The number of halogens is 2. The number of nitrogens with zero attached hydrogens (tertiary/aromatic N) is 7. The van der Waals surface area contributed by atoms with Crippen LogP contribution in [0.2, 0.25) is 10.0 Å². The maximum Gasteiger partial charge on any atom is 0.256 e. The van der Waals surface area contributed by atoms with Crippen molar-refractivity contribution in [1.29, 1.82) is 0 Å². The van der Waals surface area contributed by atoms with Crippen LogP contribution in [-0.2, 0) is 32.8 Å². The Bertz CT molecular complexity index is 2550. The van der Waals surface area contributed by atoms with Gasteiger partial charge in [-0.25, -0.2) is 9.97 Å². The summed E-state index contributed by atoms with van der Waals surface area (Å²) in [6, 6.07) is 14.3. The minimum atomic E-state index is -0.296. The Kier molecular flexibility index (Phi) is 16.6. The summed E-state index contributed by atoms with van der Waals surface area (Å²) in [5.41, 5.74) is 5.19. The van der Waals surface area contributed by atoms with E-state index < -0.39 is 0 Å². The second-order valence-electron chi connectivity index (χ2n) is 18.0. The van der Waals surface area contributed by atoms with Crippen LogP contribution in [0, 0.1) is 0 Å². The van der Waals surface area contributed by atoms with E-state index in [9.17, 15) is 35.1 Å². The predicted octanol–water partition coefficient (Wildman–Crippen LogP) is 5.63. The molecular formula is C49H59Cl2N11O7. The van der Waals surface area contributed by atoms with Gasteiger partial charge >= 0.3 is 0 Å². The number of pyridine rings is 1. The van der Waals surface area contributed by atoms with Crippen molar-refractivity contribution in [3.63, 3.8) is 0 Å². The van der Waals surface area contributed by atoms with Crippen LogP contribution >= 0.6 is 23.2 Å².